The second-order valence-electron chi connectivity index (χ2n) is 5.40. The number of piperidine rings is 1. The molecule has 1 N–H and O–H groups in total. The largest absolute Gasteiger partial charge is 0.496 e. The van der Waals surface area contributed by atoms with Crippen LogP contribution < -0.4 is 4.74 Å². The molecule has 0 bridgehead atoms. The molecular formula is C16H22FNO3. The Labute approximate surface area is 124 Å². The van der Waals surface area contributed by atoms with Crippen molar-refractivity contribution in [3.8, 4) is 5.75 Å². The number of hydrogen-bond acceptors (Lipinski definition) is 3. The van der Waals surface area contributed by atoms with Gasteiger partial charge in [-0.2, -0.15) is 0 Å². The lowest BCUT2D eigenvalue weighted by Gasteiger charge is -2.39. The highest BCUT2D eigenvalue weighted by Crippen LogP contribution is 2.36. The molecule has 5 heteroatoms. The molecule has 1 aliphatic rings. The van der Waals surface area contributed by atoms with Crippen LogP contribution in [0.15, 0.2) is 18.2 Å². The van der Waals surface area contributed by atoms with Crippen LogP contribution in [0.1, 0.15) is 44.2 Å². The van der Waals surface area contributed by atoms with Crippen molar-refractivity contribution in [2.24, 2.45) is 0 Å². The molecule has 2 unspecified atom stereocenters. The average molecular weight is 295 g/mol. The van der Waals surface area contributed by atoms with E-state index in [0.29, 0.717) is 18.6 Å². The number of carboxylic acids is 1. The van der Waals surface area contributed by atoms with Gasteiger partial charge in [0.25, 0.3) is 0 Å². The minimum atomic E-state index is -0.802. The summed E-state index contributed by atoms with van der Waals surface area (Å²) < 4.78 is 18.9. The molecule has 1 heterocycles. The van der Waals surface area contributed by atoms with Crippen LogP contribution in [0.25, 0.3) is 0 Å². The standard InChI is InChI=1S/C16H22FNO3/c1-3-13(12-10-11(17)7-8-15(12)21-2)18-9-5-4-6-14(18)16(19)20/h7-8,10,13-14H,3-6,9H2,1-2H3,(H,19,20). The van der Waals surface area contributed by atoms with Gasteiger partial charge in [-0.1, -0.05) is 13.3 Å². The molecule has 1 fully saturated rings. The van der Waals surface area contributed by atoms with Crippen LogP contribution >= 0.6 is 0 Å². The molecule has 0 radical (unpaired) electrons. The van der Waals surface area contributed by atoms with Gasteiger partial charge in [0.15, 0.2) is 0 Å². The lowest BCUT2D eigenvalue weighted by Crippen LogP contribution is -2.46. The van der Waals surface area contributed by atoms with Crippen molar-refractivity contribution in [2.75, 3.05) is 13.7 Å². The highest BCUT2D eigenvalue weighted by molar-refractivity contribution is 5.73. The summed E-state index contributed by atoms with van der Waals surface area (Å²) in [6, 6.07) is 3.78. The predicted molar refractivity (Wildman–Crippen MR) is 78.0 cm³/mol. The Bertz CT molecular complexity index is 506. The molecule has 4 nitrogen and oxygen atoms in total. The normalized spacial score (nSPS) is 21.0. The van der Waals surface area contributed by atoms with Crippen LogP contribution in [-0.2, 0) is 4.79 Å². The van der Waals surface area contributed by atoms with Gasteiger partial charge in [0.2, 0.25) is 0 Å². The molecule has 116 valence electrons. The number of halogens is 1. The number of rotatable bonds is 5. The molecule has 0 saturated carbocycles. The van der Waals surface area contributed by atoms with Gasteiger partial charge in [-0.05, 0) is 44.0 Å². The first-order chi connectivity index (χ1) is 10.1. The van der Waals surface area contributed by atoms with Crippen molar-refractivity contribution in [1.82, 2.24) is 4.90 Å². The molecule has 2 rings (SSSR count). The number of nitrogens with zero attached hydrogens (tertiary/aromatic N) is 1. The van der Waals surface area contributed by atoms with Gasteiger partial charge in [-0.25, -0.2) is 4.39 Å². The maximum absolute atomic E-state index is 13.6. The Hall–Kier alpha value is -1.62. The Kier molecular flexibility index (Phi) is 5.17. The molecule has 2 atom stereocenters. The molecule has 21 heavy (non-hydrogen) atoms. The minimum Gasteiger partial charge on any atom is -0.496 e. The minimum absolute atomic E-state index is 0.142. The van der Waals surface area contributed by atoms with Crippen molar-refractivity contribution < 1.29 is 19.0 Å². The van der Waals surface area contributed by atoms with E-state index in [-0.39, 0.29) is 11.9 Å². The van der Waals surface area contributed by atoms with E-state index in [1.165, 1.54) is 12.1 Å². The number of aliphatic carboxylic acids is 1. The molecule has 0 aromatic heterocycles. The van der Waals surface area contributed by atoms with Crippen LogP contribution in [0.5, 0.6) is 5.75 Å². The van der Waals surface area contributed by atoms with Gasteiger partial charge >= 0.3 is 5.97 Å². The first kappa shape index (κ1) is 15.8. The third-order valence-electron chi connectivity index (χ3n) is 4.17. The van der Waals surface area contributed by atoms with E-state index in [1.807, 2.05) is 11.8 Å². The second-order valence-corrected chi connectivity index (χ2v) is 5.40. The number of benzene rings is 1. The fraction of sp³-hybridized carbons (Fsp3) is 0.562. The molecule has 1 saturated heterocycles. The molecule has 1 aliphatic heterocycles. The van der Waals surface area contributed by atoms with E-state index in [1.54, 1.807) is 13.2 Å². The summed E-state index contributed by atoms with van der Waals surface area (Å²) in [5.74, 6) is -0.519. The number of carboxylic acid groups (broad SMARTS) is 1. The topological polar surface area (TPSA) is 49.8 Å². The zero-order valence-corrected chi connectivity index (χ0v) is 12.5. The molecule has 0 aliphatic carbocycles. The maximum Gasteiger partial charge on any atom is 0.320 e. The second kappa shape index (κ2) is 6.89. The lowest BCUT2D eigenvalue weighted by atomic mass is 9.94. The Morgan fingerprint density at radius 2 is 2.29 bits per heavy atom. The monoisotopic (exact) mass is 295 g/mol. The summed E-state index contributed by atoms with van der Waals surface area (Å²) >= 11 is 0. The van der Waals surface area contributed by atoms with Gasteiger partial charge < -0.3 is 9.84 Å². The van der Waals surface area contributed by atoms with Crippen molar-refractivity contribution >= 4 is 5.97 Å². The summed E-state index contributed by atoms with van der Waals surface area (Å²) in [6.07, 6.45) is 3.25. The third-order valence-corrected chi connectivity index (χ3v) is 4.17. The van der Waals surface area contributed by atoms with Gasteiger partial charge in [0, 0.05) is 11.6 Å². The summed E-state index contributed by atoms with van der Waals surface area (Å²) in [5, 5.41) is 9.43. The SMILES string of the molecule is CCC(c1cc(F)ccc1OC)N1CCCCC1C(=O)O. The first-order valence-electron chi connectivity index (χ1n) is 7.40. The van der Waals surface area contributed by atoms with Crippen LogP contribution in [0.2, 0.25) is 0 Å². The van der Waals surface area contributed by atoms with Gasteiger partial charge in [0.1, 0.15) is 17.6 Å². The summed E-state index contributed by atoms with van der Waals surface area (Å²) in [5.41, 5.74) is 0.730. The number of carbonyl (C=O) groups is 1. The number of ether oxygens (including phenoxy) is 1. The van der Waals surface area contributed by atoms with Crippen LogP contribution in [-0.4, -0.2) is 35.7 Å². The highest BCUT2D eigenvalue weighted by Gasteiger charge is 2.34. The molecule has 1 aromatic rings. The van der Waals surface area contributed by atoms with E-state index in [4.69, 9.17) is 4.74 Å². The maximum atomic E-state index is 13.6. The molecule has 0 spiro atoms. The van der Waals surface area contributed by atoms with Crippen molar-refractivity contribution in [3.05, 3.63) is 29.6 Å². The number of methoxy groups -OCH3 is 1. The van der Waals surface area contributed by atoms with Crippen LogP contribution in [0.3, 0.4) is 0 Å². The Morgan fingerprint density at radius 3 is 2.90 bits per heavy atom. The molecular weight excluding hydrogens is 273 g/mol. The Balaban J connectivity index is 2.38. The van der Waals surface area contributed by atoms with Crippen molar-refractivity contribution in [2.45, 2.75) is 44.7 Å². The molecule has 1 aromatic carbocycles. The van der Waals surface area contributed by atoms with E-state index >= 15 is 0 Å². The fourth-order valence-electron chi connectivity index (χ4n) is 3.19. The molecule has 0 amide bonds. The summed E-state index contributed by atoms with van der Waals surface area (Å²) in [6.45, 7) is 2.71. The lowest BCUT2D eigenvalue weighted by molar-refractivity contribution is -0.146. The van der Waals surface area contributed by atoms with Crippen molar-refractivity contribution in [1.29, 1.82) is 0 Å². The van der Waals surface area contributed by atoms with Crippen LogP contribution in [0.4, 0.5) is 4.39 Å². The van der Waals surface area contributed by atoms with E-state index < -0.39 is 12.0 Å². The third kappa shape index (κ3) is 3.35. The van der Waals surface area contributed by atoms with Crippen molar-refractivity contribution in [3.63, 3.8) is 0 Å². The predicted octanol–water partition coefficient (Wildman–Crippen LogP) is 3.22. The zero-order valence-electron chi connectivity index (χ0n) is 12.5. The fourth-order valence-corrected chi connectivity index (χ4v) is 3.19. The van der Waals surface area contributed by atoms with Crippen LogP contribution in [0, 0.1) is 5.82 Å². The first-order valence-corrected chi connectivity index (χ1v) is 7.40. The highest BCUT2D eigenvalue weighted by atomic mass is 19.1. The van der Waals surface area contributed by atoms with Gasteiger partial charge in [0.05, 0.1) is 7.11 Å². The smallest absolute Gasteiger partial charge is 0.320 e. The quantitative estimate of drug-likeness (QED) is 0.906. The summed E-state index contributed by atoms with van der Waals surface area (Å²) in [4.78, 5) is 13.5. The average Bonchev–Trinajstić information content (AvgIpc) is 2.48. The summed E-state index contributed by atoms with van der Waals surface area (Å²) in [7, 11) is 1.55. The van der Waals surface area contributed by atoms with Gasteiger partial charge in [-0.3, -0.25) is 9.69 Å². The zero-order chi connectivity index (χ0) is 15.4. The van der Waals surface area contributed by atoms with Gasteiger partial charge in [-0.15, -0.1) is 0 Å². The van der Waals surface area contributed by atoms with E-state index in [0.717, 1.165) is 24.9 Å². The number of likely N-dealkylation sites (tertiary alicyclic amines) is 1. The van der Waals surface area contributed by atoms with E-state index in [9.17, 15) is 14.3 Å². The number of hydrogen-bond donors (Lipinski definition) is 1. The Morgan fingerprint density at radius 1 is 1.52 bits per heavy atom. The van der Waals surface area contributed by atoms with E-state index in [2.05, 4.69) is 0 Å².